The molecule has 2 aromatic rings. The molecule has 0 N–H and O–H groups in total. The first-order chi connectivity index (χ1) is 8.29. The lowest BCUT2D eigenvalue weighted by Crippen LogP contribution is -1.88. The van der Waals surface area contributed by atoms with Crippen molar-refractivity contribution in [3.05, 3.63) is 52.4 Å². The van der Waals surface area contributed by atoms with Crippen molar-refractivity contribution in [2.24, 2.45) is 10.2 Å². The van der Waals surface area contributed by atoms with Crippen LogP contribution in [0.15, 0.2) is 40.8 Å². The Labute approximate surface area is 94.8 Å². The van der Waals surface area contributed by atoms with E-state index in [0.29, 0.717) is 5.56 Å². The highest BCUT2D eigenvalue weighted by atomic mass is 19.1. The molecule has 0 aliphatic heterocycles. The number of hydrogen-bond donors (Lipinski definition) is 0. The van der Waals surface area contributed by atoms with E-state index in [9.17, 15) is 4.39 Å². The van der Waals surface area contributed by atoms with E-state index < -0.39 is 0 Å². The van der Waals surface area contributed by atoms with Gasteiger partial charge in [-0.25, -0.2) is 4.39 Å². The van der Waals surface area contributed by atoms with Gasteiger partial charge in [-0.15, -0.1) is 10.2 Å². The van der Waals surface area contributed by atoms with Crippen LogP contribution in [0.5, 0.6) is 0 Å². The molecule has 0 saturated carbocycles. The van der Waals surface area contributed by atoms with E-state index in [1.807, 2.05) is 0 Å². The van der Waals surface area contributed by atoms with Crippen molar-refractivity contribution in [1.82, 2.24) is 14.9 Å². The van der Waals surface area contributed by atoms with Crippen molar-refractivity contribution < 1.29 is 4.39 Å². The van der Waals surface area contributed by atoms with Gasteiger partial charge >= 0.3 is 0 Å². The normalized spacial score (nSPS) is 10.4. The van der Waals surface area contributed by atoms with Crippen LogP contribution in [-0.2, 0) is 0 Å². The molecule has 0 amide bonds. The van der Waals surface area contributed by atoms with Crippen LogP contribution in [0.3, 0.4) is 0 Å². The largest absolute Gasteiger partial charge is 0.241 e. The van der Waals surface area contributed by atoms with Gasteiger partial charge < -0.3 is 0 Å². The topological polar surface area (TPSA) is 91.8 Å². The van der Waals surface area contributed by atoms with Gasteiger partial charge in [0.25, 0.3) is 0 Å². The van der Waals surface area contributed by atoms with Gasteiger partial charge in [-0.05, 0) is 28.3 Å². The number of hydrogen-bond acceptors (Lipinski definition) is 4. The average Bonchev–Trinajstić information content (AvgIpc) is 2.77. The quantitative estimate of drug-likeness (QED) is 0.350. The predicted octanol–water partition coefficient (Wildman–Crippen LogP) is 2.24. The monoisotopic (exact) mass is 231 g/mol. The Balaban J connectivity index is 2.22. The van der Waals surface area contributed by atoms with Crippen LogP contribution in [0.2, 0.25) is 0 Å². The SMILES string of the molecule is [N-]=[N+]=Nc1nncn1/N=C/c1ccc(F)cc1. The zero-order valence-electron chi connectivity index (χ0n) is 8.47. The Bertz CT molecular complexity index is 580. The lowest BCUT2D eigenvalue weighted by atomic mass is 10.2. The van der Waals surface area contributed by atoms with Crippen LogP contribution in [0, 0.1) is 5.82 Å². The highest BCUT2D eigenvalue weighted by molar-refractivity contribution is 5.79. The highest BCUT2D eigenvalue weighted by Crippen LogP contribution is 2.06. The van der Waals surface area contributed by atoms with Gasteiger partial charge in [-0.3, -0.25) is 0 Å². The van der Waals surface area contributed by atoms with Crippen LogP contribution in [0.4, 0.5) is 10.3 Å². The summed E-state index contributed by atoms with van der Waals surface area (Å²) in [6, 6.07) is 5.77. The van der Waals surface area contributed by atoms with Gasteiger partial charge in [-0.1, -0.05) is 12.1 Å². The summed E-state index contributed by atoms with van der Waals surface area (Å²) in [5.41, 5.74) is 8.96. The fourth-order valence-electron chi connectivity index (χ4n) is 1.09. The summed E-state index contributed by atoms with van der Waals surface area (Å²) in [4.78, 5) is 2.58. The number of benzene rings is 1. The molecule has 0 fully saturated rings. The number of nitrogens with zero attached hydrogens (tertiary/aromatic N) is 7. The van der Waals surface area contributed by atoms with Crippen molar-refractivity contribution in [2.75, 3.05) is 0 Å². The molecule has 0 unspecified atom stereocenters. The fraction of sp³-hybridized carbons (Fsp3) is 0. The standard InChI is InChI=1S/C9H6FN7/c10-8-3-1-7(2-4-8)5-13-17-6-12-14-9(17)15-16-11/h1-6H/b13-5+. The van der Waals surface area contributed by atoms with Crippen LogP contribution in [0.1, 0.15) is 5.56 Å². The van der Waals surface area contributed by atoms with E-state index >= 15 is 0 Å². The molecule has 0 saturated heterocycles. The summed E-state index contributed by atoms with van der Waals surface area (Å²) >= 11 is 0. The van der Waals surface area contributed by atoms with Crippen LogP contribution in [0.25, 0.3) is 10.4 Å². The summed E-state index contributed by atoms with van der Waals surface area (Å²) < 4.78 is 13.9. The van der Waals surface area contributed by atoms with E-state index in [4.69, 9.17) is 5.53 Å². The van der Waals surface area contributed by atoms with E-state index in [-0.39, 0.29) is 11.8 Å². The molecule has 0 spiro atoms. The lowest BCUT2D eigenvalue weighted by Gasteiger charge is -1.94. The second-order valence-corrected chi connectivity index (χ2v) is 2.96. The minimum absolute atomic E-state index is 0.0332. The van der Waals surface area contributed by atoms with Crippen molar-refractivity contribution in [3.8, 4) is 0 Å². The molecule has 8 heteroatoms. The zero-order valence-corrected chi connectivity index (χ0v) is 8.47. The molecule has 17 heavy (non-hydrogen) atoms. The Kier molecular flexibility index (Phi) is 3.08. The Morgan fingerprint density at radius 3 is 2.82 bits per heavy atom. The molecule has 2 rings (SSSR count). The van der Waals surface area contributed by atoms with E-state index in [0.717, 1.165) is 0 Å². The van der Waals surface area contributed by atoms with Crippen molar-refractivity contribution in [1.29, 1.82) is 0 Å². The maximum Gasteiger partial charge on any atom is 0.241 e. The highest BCUT2D eigenvalue weighted by Gasteiger charge is 1.98. The maximum atomic E-state index is 12.6. The van der Waals surface area contributed by atoms with Gasteiger partial charge in [0.15, 0.2) is 0 Å². The Hall–Kier alpha value is -2.73. The summed E-state index contributed by atoms with van der Waals surface area (Å²) in [6.45, 7) is 0. The van der Waals surface area contributed by atoms with E-state index in [1.54, 1.807) is 12.1 Å². The summed E-state index contributed by atoms with van der Waals surface area (Å²) in [7, 11) is 0. The molecule has 0 aliphatic rings. The first-order valence-corrected chi connectivity index (χ1v) is 4.54. The molecule has 1 aromatic carbocycles. The van der Waals surface area contributed by atoms with Crippen molar-refractivity contribution >= 4 is 12.2 Å². The molecule has 7 nitrogen and oxygen atoms in total. The first kappa shape index (κ1) is 10.8. The first-order valence-electron chi connectivity index (χ1n) is 4.54. The van der Waals surface area contributed by atoms with Gasteiger partial charge in [0.05, 0.1) is 6.21 Å². The second kappa shape index (κ2) is 4.86. The zero-order chi connectivity index (χ0) is 12.1. The summed E-state index contributed by atoms with van der Waals surface area (Å²) in [5, 5.41) is 14.3. The number of rotatable bonds is 3. The van der Waals surface area contributed by atoms with Crippen molar-refractivity contribution in [2.45, 2.75) is 0 Å². The van der Waals surface area contributed by atoms with Gasteiger partial charge in [-0.2, -0.15) is 9.78 Å². The molecule has 0 radical (unpaired) electrons. The molecule has 0 bridgehead atoms. The minimum atomic E-state index is -0.318. The molecule has 1 heterocycles. The molecule has 1 aromatic heterocycles. The molecule has 0 aliphatic carbocycles. The fourth-order valence-corrected chi connectivity index (χ4v) is 1.09. The van der Waals surface area contributed by atoms with Crippen LogP contribution < -0.4 is 0 Å². The minimum Gasteiger partial charge on any atom is -0.207 e. The number of azide groups is 1. The predicted molar refractivity (Wildman–Crippen MR) is 58.2 cm³/mol. The molecular weight excluding hydrogens is 225 g/mol. The van der Waals surface area contributed by atoms with E-state index in [2.05, 4.69) is 25.3 Å². The maximum absolute atomic E-state index is 12.6. The third-order valence-electron chi connectivity index (χ3n) is 1.85. The smallest absolute Gasteiger partial charge is 0.207 e. The van der Waals surface area contributed by atoms with Gasteiger partial charge in [0, 0.05) is 4.91 Å². The Morgan fingerprint density at radius 1 is 1.35 bits per heavy atom. The van der Waals surface area contributed by atoms with Gasteiger partial charge in [0.1, 0.15) is 12.1 Å². The molecule has 84 valence electrons. The summed E-state index contributed by atoms with van der Waals surface area (Å²) in [6.07, 6.45) is 2.77. The third kappa shape index (κ3) is 2.64. The number of aromatic nitrogens is 3. The molecular formula is C9H6FN7. The van der Waals surface area contributed by atoms with E-state index in [1.165, 1.54) is 29.4 Å². The second-order valence-electron chi connectivity index (χ2n) is 2.96. The van der Waals surface area contributed by atoms with Crippen LogP contribution >= 0.6 is 0 Å². The van der Waals surface area contributed by atoms with Crippen molar-refractivity contribution in [3.63, 3.8) is 0 Å². The third-order valence-corrected chi connectivity index (χ3v) is 1.85. The lowest BCUT2D eigenvalue weighted by molar-refractivity contribution is 0.628. The molecule has 0 atom stereocenters. The Morgan fingerprint density at radius 2 is 2.12 bits per heavy atom. The number of halogens is 1. The summed E-state index contributed by atoms with van der Waals surface area (Å²) in [5.74, 6) is -0.285. The van der Waals surface area contributed by atoms with Gasteiger partial charge in [0.2, 0.25) is 5.95 Å². The average molecular weight is 231 g/mol. The van der Waals surface area contributed by atoms with Crippen LogP contribution in [-0.4, -0.2) is 21.1 Å².